The third-order valence-corrected chi connectivity index (χ3v) is 2.31. The number of halogens is 1. The molecule has 1 aliphatic heterocycles. The van der Waals surface area contributed by atoms with Crippen LogP contribution in [-0.2, 0) is 0 Å². The van der Waals surface area contributed by atoms with Crippen molar-refractivity contribution in [1.82, 2.24) is 10.3 Å². The maximum absolute atomic E-state index is 13.3. The number of aromatic nitrogens is 1. The van der Waals surface area contributed by atoms with Gasteiger partial charge in [-0.3, -0.25) is 4.79 Å². The molecule has 2 heterocycles. The van der Waals surface area contributed by atoms with Crippen molar-refractivity contribution < 1.29 is 4.39 Å². The molecule has 0 aromatic carbocycles. The van der Waals surface area contributed by atoms with E-state index in [1.807, 2.05) is 4.90 Å². The predicted octanol–water partition coefficient (Wildman–Crippen LogP) is -0.0764. The van der Waals surface area contributed by atoms with Crippen molar-refractivity contribution in [3.05, 3.63) is 28.4 Å². The summed E-state index contributed by atoms with van der Waals surface area (Å²) in [6.07, 6.45) is 1.11. The first-order valence-electron chi connectivity index (χ1n) is 4.61. The molecule has 0 unspecified atom stereocenters. The fourth-order valence-electron chi connectivity index (χ4n) is 1.59. The van der Waals surface area contributed by atoms with Gasteiger partial charge in [-0.1, -0.05) is 0 Å². The number of nitrogens with zero attached hydrogens (tertiary/aromatic N) is 1. The number of hydrogen-bond acceptors (Lipinski definition) is 3. The fraction of sp³-hybridized carbons (Fsp3) is 0.444. The molecule has 4 nitrogen and oxygen atoms in total. The van der Waals surface area contributed by atoms with E-state index in [-0.39, 0.29) is 11.4 Å². The summed E-state index contributed by atoms with van der Waals surface area (Å²) in [6.45, 7) is 3.12. The molecular weight excluding hydrogens is 185 g/mol. The molecule has 1 fully saturated rings. The van der Waals surface area contributed by atoms with Crippen LogP contribution in [0.1, 0.15) is 0 Å². The molecule has 0 saturated carbocycles. The summed E-state index contributed by atoms with van der Waals surface area (Å²) in [5.74, 6) is -0.369. The minimum atomic E-state index is -0.369. The summed E-state index contributed by atoms with van der Waals surface area (Å²) in [7, 11) is 0. The average Bonchev–Trinajstić information content (AvgIpc) is 2.23. The van der Waals surface area contributed by atoms with Gasteiger partial charge in [-0.25, -0.2) is 4.39 Å². The molecule has 14 heavy (non-hydrogen) atoms. The molecule has 1 aromatic rings. The molecule has 2 N–H and O–H groups in total. The van der Waals surface area contributed by atoms with Gasteiger partial charge in [0.2, 0.25) is 5.56 Å². The average molecular weight is 197 g/mol. The summed E-state index contributed by atoms with van der Waals surface area (Å²) in [4.78, 5) is 15.2. The number of rotatable bonds is 1. The molecule has 0 spiro atoms. The van der Waals surface area contributed by atoms with Crippen LogP contribution in [-0.4, -0.2) is 31.2 Å². The Morgan fingerprint density at radius 3 is 2.79 bits per heavy atom. The third kappa shape index (κ3) is 1.77. The number of hydrogen-bond donors (Lipinski definition) is 2. The van der Waals surface area contributed by atoms with Crippen LogP contribution >= 0.6 is 0 Å². The number of piperazine rings is 1. The minimum absolute atomic E-state index is 0.264. The topological polar surface area (TPSA) is 48.1 Å². The van der Waals surface area contributed by atoms with Gasteiger partial charge in [-0.15, -0.1) is 0 Å². The van der Waals surface area contributed by atoms with Crippen molar-refractivity contribution in [2.24, 2.45) is 0 Å². The second kappa shape index (κ2) is 3.79. The van der Waals surface area contributed by atoms with E-state index < -0.39 is 0 Å². The Balaban J connectivity index is 2.29. The molecule has 1 aliphatic rings. The Morgan fingerprint density at radius 2 is 2.07 bits per heavy atom. The molecule has 0 radical (unpaired) electrons. The van der Waals surface area contributed by atoms with Gasteiger partial charge in [0.15, 0.2) is 5.82 Å². The third-order valence-electron chi connectivity index (χ3n) is 2.31. The molecule has 2 rings (SSSR count). The zero-order chi connectivity index (χ0) is 9.97. The molecule has 1 saturated heterocycles. The molecule has 0 aliphatic carbocycles. The number of aromatic amines is 1. The Hall–Kier alpha value is -1.36. The first-order valence-corrected chi connectivity index (χ1v) is 4.61. The number of pyridine rings is 1. The summed E-state index contributed by atoms with van der Waals surface area (Å²) in [5, 5.41) is 3.17. The Bertz CT molecular complexity index is 371. The van der Waals surface area contributed by atoms with E-state index in [0.717, 1.165) is 32.4 Å². The lowest BCUT2D eigenvalue weighted by atomic mass is 10.3. The lowest BCUT2D eigenvalue weighted by Gasteiger charge is -2.29. The minimum Gasteiger partial charge on any atom is -0.366 e. The van der Waals surface area contributed by atoms with Crippen molar-refractivity contribution in [1.29, 1.82) is 0 Å². The lowest BCUT2D eigenvalue weighted by molar-refractivity contribution is 0.563. The van der Waals surface area contributed by atoms with E-state index in [4.69, 9.17) is 0 Å². The van der Waals surface area contributed by atoms with E-state index in [1.54, 1.807) is 0 Å². The second-order valence-corrected chi connectivity index (χ2v) is 3.27. The van der Waals surface area contributed by atoms with Crippen molar-refractivity contribution in [3.63, 3.8) is 0 Å². The summed E-state index contributed by atoms with van der Waals surface area (Å²) < 4.78 is 13.3. The quantitative estimate of drug-likeness (QED) is 0.662. The Kier molecular flexibility index (Phi) is 2.49. The van der Waals surface area contributed by atoms with E-state index in [1.165, 1.54) is 6.07 Å². The lowest BCUT2D eigenvalue weighted by Crippen LogP contribution is -2.44. The first-order chi connectivity index (χ1) is 6.77. The van der Waals surface area contributed by atoms with Crippen LogP contribution in [0, 0.1) is 5.82 Å². The molecule has 1 aromatic heterocycles. The van der Waals surface area contributed by atoms with Crippen LogP contribution in [0.25, 0.3) is 0 Å². The number of anilines is 1. The van der Waals surface area contributed by atoms with Gasteiger partial charge in [0.1, 0.15) is 0 Å². The molecule has 5 heteroatoms. The van der Waals surface area contributed by atoms with Crippen molar-refractivity contribution in [2.75, 3.05) is 31.1 Å². The van der Waals surface area contributed by atoms with E-state index in [9.17, 15) is 9.18 Å². The molecule has 0 amide bonds. The molecule has 0 bridgehead atoms. The zero-order valence-corrected chi connectivity index (χ0v) is 7.72. The van der Waals surface area contributed by atoms with Gasteiger partial charge < -0.3 is 15.2 Å². The van der Waals surface area contributed by atoms with Gasteiger partial charge in [0.05, 0.1) is 5.69 Å². The molecule has 0 atom stereocenters. The van der Waals surface area contributed by atoms with Gasteiger partial charge in [0, 0.05) is 38.4 Å². The van der Waals surface area contributed by atoms with Crippen LogP contribution in [0.5, 0.6) is 0 Å². The summed E-state index contributed by atoms with van der Waals surface area (Å²) in [6, 6.07) is 1.31. The largest absolute Gasteiger partial charge is 0.366 e. The molecular formula is C9H12FN3O. The Morgan fingerprint density at radius 1 is 1.36 bits per heavy atom. The number of H-pyrrole nitrogens is 1. The van der Waals surface area contributed by atoms with Gasteiger partial charge in [-0.2, -0.15) is 0 Å². The zero-order valence-electron chi connectivity index (χ0n) is 7.72. The van der Waals surface area contributed by atoms with E-state index >= 15 is 0 Å². The van der Waals surface area contributed by atoms with Crippen LogP contribution in [0.15, 0.2) is 17.1 Å². The van der Waals surface area contributed by atoms with Crippen LogP contribution in [0.3, 0.4) is 0 Å². The van der Waals surface area contributed by atoms with Crippen molar-refractivity contribution in [2.45, 2.75) is 0 Å². The van der Waals surface area contributed by atoms with E-state index in [2.05, 4.69) is 10.3 Å². The van der Waals surface area contributed by atoms with E-state index in [0.29, 0.717) is 5.69 Å². The van der Waals surface area contributed by atoms with Crippen molar-refractivity contribution >= 4 is 5.69 Å². The highest BCUT2D eigenvalue weighted by Gasteiger charge is 2.14. The maximum atomic E-state index is 13.3. The number of nitrogens with one attached hydrogen (secondary N) is 2. The van der Waals surface area contributed by atoms with Crippen LogP contribution in [0.2, 0.25) is 0 Å². The standard InChI is InChI=1S/C9H12FN3O/c10-7-6-12-9(14)5-8(7)13-3-1-11-2-4-13/h5-6,11H,1-4H2,(H,12,14). The monoisotopic (exact) mass is 197 g/mol. The Labute approximate surface area is 80.7 Å². The maximum Gasteiger partial charge on any atom is 0.250 e. The summed E-state index contributed by atoms with van der Waals surface area (Å²) in [5.41, 5.74) is 0.134. The van der Waals surface area contributed by atoms with Crippen LogP contribution < -0.4 is 15.8 Å². The highest BCUT2D eigenvalue weighted by atomic mass is 19.1. The first kappa shape index (κ1) is 9.21. The summed E-state index contributed by atoms with van der Waals surface area (Å²) >= 11 is 0. The highest BCUT2D eigenvalue weighted by Crippen LogP contribution is 2.15. The fourth-order valence-corrected chi connectivity index (χ4v) is 1.59. The SMILES string of the molecule is O=c1cc(N2CCNCC2)c(F)c[nH]1. The van der Waals surface area contributed by atoms with Crippen molar-refractivity contribution in [3.8, 4) is 0 Å². The molecule has 76 valence electrons. The van der Waals surface area contributed by atoms with Crippen LogP contribution in [0.4, 0.5) is 10.1 Å². The smallest absolute Gasteiger partial charge is 0.250 e. The van der Waals surface area contributed by atoms with Gasteiger partial charge in [-0.05, 0) is 0 Å². The van der Waals surface area contributed by atoms with Gasteiger partial charge in [0.25, 0.3) is 0 Å². The normalized spacial score (nSPS) is 17.1. The highest BCUT2D eigenvalue weighted by molar-refractivity contribution is 5.46. The second-order valence-electron chi connectivity index (χ2n) is 3.27. The predicted molar refractivity (Wildman–Crippen MR) is 52.1 cm³/mol. The van der Waals surface area contributed by atoms with Gasteiger partial charge >= 0.3 is 0 Å².